The Hall–Kier alpha value is -1.89. The second kappa shape index (κ2) is 4.75. The van der Waals surface area contributed by atoms with Crippen molar-refractivity contribution in [3.05, 3.63) is 17.5 Å². The summed E-state index contributed by atoms with van der Waals surface area (Å²) in [5.74, 6) is -2.01. The van der Waals surface area contributed by atoms with Gasteiger partial charge >= 0.3 is 11.9 Å². The quantitative estimate of drug-likeness (QED) is 0.654. The number of nitrogens with zero attached hydrogens (tertiary/aromatic N) is 2. The predicted molar refractivity (Wildman–Crippen MR) is 51.9 cm³/mol. The van der Waals surface area contributed by atoms with Gasteiger partial charge in [0.25, 0.3) is 0 Å². The number of ether oxygens (including phenoxy) is 1. The number of aliphatic hydroxyl groups is 1. The third-order valence-electron chi connectivity index (χ3n) is 1.98. The molecule has 0 aliphatic heterocycles. The van der Waals surface area contributed by atoms with Crippen LogP contribution in [0.15, 0.2) is 6.20 Å². The van der Waals surface area contributed by atoms with Gasteiger partial charge in [-0.2, -0.15) is 5.10 Å². The van der Waals surface area contributed by atoms with Crippen LogP contribution in [0, 0.1) is 0 Å². The van der Waals surface area contributed by atoms with Crippen molar-refractivity contribution in [2.24, 2.45) is 7.05 Å². The van der Waals surface area contributed by atoms with Gasteiger partial charge in [0.15, 0.2) is 11.8 Å². The lowest BCUT2D eigenvalue weighted by molar-refractivity contribution is -0.146. The molecular weight excluding hydrogens is 216 g/mol. The number of aromatic nitrogens is 2. The lowest BCUT2D eigenvalue weighted by Gasteiger charge is -2.04. The molecular formula is C9H12N2O5. The summed E-state index contributed by atoms with van der Waals surface area (Å²) in [5, 5.41) is 21.6. The van der Waals surface area contributed by atoms with Crippen LogP contribution >= 0.6 is 0 Å². The number of aryl methyl sites for hydroxylation is 1. The van der Waals surface area contributed by atoms with Crippen LogP contribution in [-0.2, 0) is 23.0 Å². The van der Waals surface area contributed by atoms with Crippen molar-refractivity contribution >= 4 is 11.9 Å². The number of carboxylic acid groups (broad SMARTS) is 1. The summed E-state index contributed by atoms with van der Waals surface area (Å²) in [7, 11) is 2.79. The average molecular weight is 228 g/mol. The minimum absolute atomic E-state index is 0.0188. The fourth-order valence-electron chi connectivity index (χ4n) is 1.25. The van der Waals surface area contributed by atoms with E-state index in [0.717, 1.165) is 0 Å². The first kappa shape index (κ1) is 12.2. The van der Waals surface area contributed by atoms with E-state index in [1.165, 1.54) is 18.0 Å². The standard InChI is InChI=1S/C9H12N2O5/c1-11-4-5(3-6(12)8(13)14)7(10-11)9(15)16-2/h4,6,12H,3H2,1-2H3,(H,13,14). The maximum Gasteiger partial charge on any atom is 0.358 e. The Bertz CT molecular complexity index is 412. The third kappa shape index (κ3) is 2.57. The van der Waals surface area contributed by atoms with Gasteiger partial charge in [-0.15, -0.1) is 0 Å². The molecule has 0 saturated heterocycles. The van der Waals surface area contributed by atoms with Gasteiger partial charge in [0.1, 0.15) is 0 Å². The highest BCUT2D eigenvalue weighted by Gasteiger charge is 2.22. The van der Waals surface area contributed by atoms with Crippen molar-refractivity contribution in [3.8, 4) is 0 Å². The monoisotopic (exact) mass is 228 g/mol. The Balaban J connectivity index is 2.95. The fraction of sp³-hybridized carbons (Fsp3) is 0.444. The second-order valence-electron chi connectivity index (χ2n) is 3.23. The molecule has 0 spiro atoms. The Kier molecular flexibility index (Phi) is 3.62. The van der Waals surface area contributed by atoms with Crippen molar-refractivity contribution in [3.63, 3.8) is 0 Å². The normalized spacial score (nSPS) is 12.2. The zero-order valence-electron chi connectivity index (χ0n) is 8.88. The molecule has 7 heteroatoms. The molecule has 2 N–H and O–H groups in total. The molecule has 0 saturated carbocycles. The van der Waals surface area contributed by atoms with Crippen molar-refractivity contribution < 1.29 is 24.5 Å². The molecule has 16 heavy (non-hydrogen) atoms. The van der Waals surface area contributed by atoms with E-state index < -0.39 is 18.0 Å². The first-order valence-corrected chi connectivity index (χ1v) is 4.47. The molecule has 0 aromatic carbocycles. The van der Waals surface area contributed by atoms with Crippen LogP contribution in [-0.4, -0.2) is 45.1 Å². The number of aliphatic hydroxyl groups excluding tert-OH is 1. The van der Waals surface area contributed by atoms with Gasteiger partial charge in [0.05, 0.1) is 7.11 Å². The molecule has 0 radical (unpaired) electrons. The number of carboxylic acids is 1. The first-order chi connectivity index (χ1) is 7.45. The summed E-state index contributed by atoms with van der Waals surface area (Å²) in [6, 6.07) is 0. The Morgan fingerprint density at radius 3 is 2.75 bits per heavy atom. The highest BCUT2D eigenvalue weighted by atomic mass is 16.5. The maximum absolute atomic E-state index is 11.3. The predicted octanol–water partition coefficient (Wildman–Crippen LogP) is -0.805. The number of carbonyl (C=O) groups excluding carboxylic acids is 1. The lowest BCUT2D eigenvalue weighted by atomic mass is 10.1. The largest absolute Gasteiger partial charge is 0.479 e. The molecule has 1 aromatic rings. The van der Waals surface area contributed by atoms with E-state index in [0.29, 0.717) is 5.56 Å². The molecule has 1 rings (SSSR count). The summed E-state index contributed by atoms with van der Waals surface area (Å²) in [6.07, 6.45) is -0.279. The maximum atomic E-state index is 11.3. The van der Waals surface area contributed by atoms with Crippen molar-refractivity contribution in [1.29, 1.82) is 0 Å². The zero-order valence-corrected chi connectivity index (χ0v) is 8.88. The lowest BCUT2D eigenvalue weighted by Crippen LogP contribution is -2.23. The van der Waals surface area contributed by atoms with Gasteiger partial charge < -0.3 is 14.9 Å². The highest BCUT2D eigenvalue weighted by Crippen LogP contribution is 2.10. The number of esters is 1. The zero-order chi connectivity index (χ0) is 12.3. The molecule has 1 heterocycles. The van der Waals surface area contributed by atoms with Gasteiger partial charge in [-0.25, -0.2) is 9.59 Å². The molecule has 7 nitrogen and oxygen atoms in total. The van der Waals surface area contributed by atoms with Gasteiger partial charge in [-0.1, -0.05) is 0 Å². The van der Waals surface area contributed by atoms with E-state index in [9.17, 15) is 14.7 Å². The topological polar surface area (TPSA) is 102 Å². The molecule has 1 atom stereocenters. The van der Waals surface area contributed by atoms with Crippen molar-refractivity contribution in [2.75, 3.05) is 7.11 Å². The van der Waals surface area contributed by atoms with Crippen LogP contribution < -0.4 is 0 Å². The number of carbonyl (C=O) groups is 2. The number of hydrogen-bond acceptors (Lipinski definition) is 5. The molecule has 0 aliphatic rings. The summed E-state index contributed by atoms with van der Waals surface area (Å²) < 4.78 is 5.85. The van der Waals surface area contributed by atoms with Gasteiger partial charge in [-0.3, -0.25) is 4.68 Å². The van der Waals surface area contributed by atoms with E-state index in [1.54, 1.807) is 7.05 Å². The third-order valence-corrected chi connectivity index (χ3v) is 1.98. The van der Waals surface area contributed by atoms with Crippen LogP contribution in [0.4, 0.5) is 0 Å². The second-order valence-corrected chi connectivity index (χ2v) is 3.23. The van der Waals surface area contributed by atoms with Gasteiger partial charge in [-0.05, 0) is 0 Å². The van der Waals surface area contributed by atoms with Gasteiger partial charge in [0.2, 0.25) is 0 Å². The van der Waals surface area contributed by atoms with E-state index in [2.05, 4.69) is 9.84 Å². The average Bonchev–Trinajstić information content (AvgIpc) is 2.58. The van der Waals surface area contributed by atoms with E-state index in [4.69, 9.17) is 5.11 Å². The molecule has 0 aliphatic carbocycles. The first-order valence-electron chi connectivity index (χ1n) is 4.47. The summed E-state index contributed by atoms with van der Waals surface area (Å²) in [4.78, 5) is 21.7. The minimum Gasteiger partial charge on any atom is -0.479 e. The number of methoxy groups -OCH3 is 1. The molecule has 1 unspecified atom stereocenters. The molecule has 1 aromatic heterocycles. The Morgan fingerprint density at radius 1 is 1.62 bits per heavy atom. The number of hydrogen-bond donors (Lipinski definition) is 2. The van der Waals surface area contributed by atoms with Crippen LogP contribution in [0.3, 0.4) is 0 Å². The number of rotatable bonds is 4. The van der Waals surface area contributed by atoms with Crippen LogP contribution in [0.1, 0.15) is 16.1 Å². The van der Waals surface area contributed by atoms with E-state index in [-0.39, 0.29) is 12.1 Å². The van der Waals surface area contributed by atoms with E-state index in [1.807, 2.05) is 0 Å². The molecule has 0 bridgehead atoms. The van der Waals surface area contributed by atoms with Crippen LogP contribution in [0.5, 0.6) is 0 Å². The van der Waals surface area contributed by atoms with Gasteiger partial charge in [0, 0.05) is 25.2 Å². The summed E-state index contributed by atoms with van der Waals surface area (Å²) >= 11 is 0. The fourth-order valence-corrected chi connectivity index (χ4v) is 1.25. The van der Waals surface area contributed by atoms with Crippen LogP contribution in [0.25, 0.3) is 0 Å². The minimum atomic E-state index is -1.56. The van der Waals surface area contributed by atoms with E-state index >= 15 is 0 Å². The highest BCUT2D eigenvalue weighted by molar-refractivity contribution is 5.89. The molecule has 88 valence electrons. The summed E-state index contributed by atoms with van der Waals surface area (Å²) in [5.41, 5.74) is 0.356. The smallest absolute Gasteiger partial charge is 0.358 e. The van der Waals surface area contributed by atoms with Crippen LogP contribution in [0.2, 0.25) is 0 Å². The summed E-state index contributed by atoms with van der Waals surface area (Å²) in [6.45, 7) is 0. The molecule has 0 fully saturated rings. The number of aliphatic carboxylic acids is 1. The Labute approximate surface area is 91.3 Å². The Morgan fingerprint density at radius 2 is 2.25 bits per heavy atom. The van der Waals surface area contributed by atoms with Crippen molar-refractivity contribution in [1.82, 2.24) is 9.78 Å². The van der Waals surface area contributed by atoms with Crippen molar-refractivity contribution in [2.45, 2.75) is 12.5 Å². The SMILES string of the molecule is COC(=O)c1nn(C)cc1CC(O)C(=O)O. The molecule has 0 amide bonds.